The monoisotopic (exact) mass is 387 g/mol. The summed E-state index contributed by atoms with van der Waals surface area (Å²) >= 11 is 0. The lowest BCUT2D eigenvalue weighted by Gasteiger charge is -2.27. The Balaban J connectivity index is 1.51. The molecular formula is C17H18FN7O3. The molecule has 2 aliphatic rings. The largest absolute Gasteiger partial charge is 0.480 e. The fourth-order valence-electron chi connectivity index (χ4n) is 3.88. The van der Waals surface area contributed by atoms with Gasteiger partial charge in [-0.25, -0.2) is 9.37 Å². The number of halogens is 1. The number of amides is 1. The van der Waals surface area contributed by atoms with Gasteiger partial charge in [-0.15, -0.1) is 0 Å². The quantitative estimate of drug-likeness (QED) is 0.508. The fraction of sp³-hybridized carbons (Fsp3) is 0.353. The van der Waals surface area contributed by atoms with E-state index in [2.05, 4.69) is 25.7 Å². The minimum absolute atomic E-state index is 0.0346. The maximum Gasteiger partial charge on any atom is 0.325 e. The van der Waals surface area contributed by atoms with Crippen molar-refractivity contribution in [2.45, 2.75) is 19.0 Å². The second kappa shape index (κ2) is 6.91. The standard InChI is InChI=1S/C17H18FN7O3/c18-11-5-20-17(22-10-4-21-25(6-10)7-12(26)27)24-16(11)23-14-9-2-1-8(3-9)13(14)15(19)28/h1-2,4-6,8-9,13-14H,3,7H2,(H2,19,28)(H,26,27)(H2,20,22,23,24)/t8-,9+,13+,14-/m0/s1. The van der Waals surface area contributed by atoms with E-state index in [0.29, 0.717) is 5.69 Å². The van der Waals surface area contributed by atoms with Crippen molar-refractivity contribution >= 4 is 29.3 Å². The van der Waals surface area contributed by atoms with Crippen molar-refractivity contribution in [3.05, 3.63) is 36.6 Å². The molecule has 146 valence electrons. The lowest BCUT2D eigenvalue weighted by molar-refractivity contribution is -0.137. The molecule has 1 fully saturated rings. The highest BCUT2D eigenvalue weighted by Gasteiger charge is 2.47. The summed E-state index contributed by atoms with van der Waals surface area (Å²) in [4.78, 5) is 30.6. The predicted molar refractivity (Wildman–Crippen MR) is 96.0 cm³/mol. The van der Waals surface area contributed by atoms with E-state index >= 15 is 0 Å². The van der Waals surface area contributed by atoms with Gasteiger partial charge < -0.3 is 21.5 Å². The van der Waals surface area contributed by atoms with Crippen molar-refractivity contribution < 1.29 is 19.1 Å². The number of hydrogen-bond acceptors (Lipinski definition) is 7. The molecule has 1 amide bonds. The van der Waals surface area contributed by atoms with Crippen molar-refractivity contribution in [2.75, 3.05) is 10.6 Å². The Morgan fingerprint density at radius 1 is 1.32 bits per heavy atom. The van der Waals surface area contributed by atoms with Crippen LogP contribution in [0.15, 0.2) is 30.7 Å². The summed E-state index contributed by atoms with van der Waals surface area (Å²) in [5.41, 5.74) is 5.99. The van der Waals surface area contributed by atoms with E-state index in [9.17, 15) is 14.0 Å². The van der Waals surface area contributed by atoms with Gasteiger partial charge in [0, 0.05) is 12.2 Å². The number of carbonyl (C=O) groups excluding carboxylic acids is 1. The van der Waals surface area contributed by atoms with Gasteiger partial charge in [-0.2, -0.15) is 10.1 Å². The van der Waals surface area contributed by atoms with Crippen LogP contribution in [0.3, 0.4) is 0 Å². The number of nitrogens with one attached hydrogen (secondary N) is 2. The summed E-state index contributed by atoms with van der Waals surface area (Å²) in [5.74, 6) is -2.31. The molecule has 10 nitrogen and oxygen atoms in total. The Hall–Kier alpha value is -3.50. The number of aromatic nitrogens is 4. The number of primary amides is 1. The number of carboxylic acid groups (broad SMARTS) is 1. The number of rotatable bonds is 7. The molecule has 2 aromatic rings. The summed E-state index contributed by atoms with van der Waals surface area (Å²) < 4.78 is 15.5. The number of carboxylic acids is 1. The molecular weight excluding hydrogens is 369 g/mol. The van der Waals surface area contributed by atoms with Crippen LogP contribution in [-0.4, -0.2) is 42.8 Å². The van der Waals surface area contributed by atoms with Crippen molar-refractivity contribution in [1.82, 2.24) is 19.7 Å². The molecule has 28 heavy (non-hydrogen) atoms. The van der Waals surface area contributed by atoms with E-state index in [0.717, 1.165) is 12.6 Å². The third-order valence-electron chi connectivity index (χ3n) is 5.02. The summed E-state index contributed by atoms with van der Waals surface area (Å²) in [6, 6.07) is -0.330. The van der Waals surface area contributed by atoms with Crippen LogP contribution in [0.1, 0.15) is 6.42 Å². The maximum absolute atomic E-state index is 14.2. The maximum atomic E-state index is 14.2. The van der Waals surface area contributed by atoms with Crippen LogP contribution in [0.2, 0.25) is 0 Å². The van der Waals surface area contributed by atoms with E-state index in [-0.39, 0.29) is 36.2 Å². The van der Waals surface area contributed by atoms with Gasteiger partial charge in [-0.1, -0.05) is 12.2 Å². The lowest BCUT2D eigenvalue weighted by Crippen LogP contribution is -2.41. The van der Waals surface area contributed by atoms with Crippen LogP contribution < -0.4 is 16.4 Å². The molecule has 0 saturated heterocycles. The summed E-state index contributed by atoms with van der Waals surface area (Å²) in [6.45, 7) is -0.287. The minimum Gasteiger partial charge on any atom is -0.480 e. The molecule has 0 aromatic carbocycles. The van der Waals surface area contributed by atoms with E-state index < -0.39 is 23.6 Å². The number of fused-ring (bicyclic) bond motifs is 2. The van der Waals surface area contributed by atoms with Gasteiger partial charge in [0.15, 0.2) is 11.6 Å². The molecule has 0 unspecified atom stereocenters. The van der Waals surface area contributed by atoms with Crippen LogP contribution >= 0.6 is 0 Å². The molecule has 0 aliphatic heterocycles. The second-order valence-electron chi connectivity index (χ2n) is 6.88. The number of allylic oxidation sites excluding steroid dienone is 1. The van der Waals surface area contributed by atoms with Crippen LogP contribution in [0.25, 0.3) is 0 Å². The number of nitrogens with two attached hydrogens (primary N) is 1. The van der Waals surface area contributed by atoms with Crippen molar-refractivity contribution in [1.29, 1.82) is 0 Å². The average molecular weight is 387 g/mol. The van der Waals surface area contributed by atoms with Crippen LogP contribution in [0.5, 0.6) is 0 Å². The summed E-state index contributed by atoms with van der Waals surface area (Å²) in [5, 5.41) is 18.5. The molecule has 2 heterocycles. The first-order valence-electron chi connectivity index (χ1n) is 8.68. The molecule has 11 heteroatoms. The fourth-order valence-corrected chi connectivity index (χ4v) is 3.88. The van der Waals surface area contributed by atoms with Gasteiger partial charge in [-0.05, 0) is 18.3 Å². The number of anilines is 3. The van der Waals surface area contributed by atoms with Crippen molar-refractivity contribution in [2.24, 2.45) is 23.5 Å². The Labute approximate surface area is 158 Å². The highest BCUT2D eigenvalue weighted by molar-refractivity contribution is 5.79. The van der Waals surface area contributed by atoms with Gasteiger partial charge in [0.25, 0.3) is 0 Å². The Kier molecular flexibility index (Phi) is 4.41. The Morgan fingerprint density at radius 2 is 2.11 bits per heavy atom. The summed E-state index contributed by atoms with van der Waals surface area (Å²) in [6.07, 6.45) is 8.69. The average Bonchev–Trinajstić information content (AvgIpc) is 3.33. The van der Waals surface area contributed by atoms with Gasteiger partial charge >= 0.3 is 5.97 Å². The first kappa shape index (κ1) is 17.9. The van der Waals surface area contributed by atoms with Crippen molar-refractivity contribution in [3.63, 3.8) is 0 Å². The molecule has 2 bridgehead atoms. The topological polar surface area (TPSA) is 148 Å². The molecule has 2 aromatic heterocycles. The third-order valence-corrected chi connectivity index (χ3v) is 5.02. The molecule has 4 atom stereocenters. The van der Waals surface area contributed by atoms with Gasteiger partial charge in [-0.3, -0.25) is 14.3 Å². The number of aliphatic carboxylic acids is 1. The SMILES string of the molecule is NC(=O)[C@H]1[C@@H](Nc2nc(Nc3cnn(CC(=O)O)c3)ncc2F)[C@@H]2C=C[C@H]1C2. The predicted octanol–water partition coefficient (Wildman–Crippen LogP) is 0.728. The first-order valence-corrected chi connectivity index (χ1v) is 8.68. The molecule has 0 spiro atoms. The summed E-state index contributed by atoms with van der Waals surface area (Å²) in [7, 11) is 0. The highest BCUT2D eigenvalue weighted by atomic mass is 19.1. The molecule has 0 radical (unpaired) electrons. The zero-order chi connectivity index (χ0) is 19.8. The van der Waals surface area contributed by atoms with Crippen LogP contribution in [0.4, 0.5) is 21.8 Å². The Morgan fingerprint density at radius 3 is 2.86 bits per heavy atom. The smallest absolute Gasteiger partial charge is 0.325 e. The molecule has 5 N–H and O–H groups in total. The van der Waals surface area contributed by atoms with E-state index in [1.807, 2.05) is 12.2 Å². The lowest BCUT2D eigenvalue weighted by atomic mass is 9.88. The van der Waals surface area contributed by atoms with Crippen LogP contribution in [0, 0.1) is 23.6 Å². The molecule has 1 saturated carbocycles. The number of hydrogen-bond donors (Lipinski definition) is 4. The number of carbonyl (C=O) groups is 2. The van der Waals surface area contributed by atoms with E-state index in [1.165, 1.54) is 17.1 Å². The third kappa shape index (κ3) is 3.38. The molecule has 2 aliphatic carbocycles. The van der Waals surface area contributed by atoms with Crippen LogP contribution in [-0.2, 0) is 16.1 Å². The van der Waals surface area contributed by atoms with Crippen molar-refractivity contribution in [3.8, 4) is 0 Å². The van der Waals surface area contributed by atoms with Gasteiger partial charge in [0.1, 0.15) is 6.54 Å². The highest BCUT2D eigenvalue weighted by Crippen LogP contribution is 2.44. The zero-order valence-corrected chi connectivity index (χ0v) is 14.6. The molecule has 4 rings (SSSR count). The van der Waals surface area contributed by atoms with E-state index in [1.54, 1.807) is 0 Å². The van der Waals surface area contributed by atoms with E-state index in [4.69, 9.17) is 10.8 Å². The van der Waals surface area contributed by atoms with Gasteiger partial charge in [0.2, 0.25) is 11.9 Å². The normalized spacial score (nSPS) is 25.0. The number of nitrogens with zero attached hydrogens (tertiary/aromatic N) is 4. The first-order chi connectivity index (χ1) is 13.4. The van der Waals surface area contributed by atoms with Gasteiger partial charge in [0.05, 0.1) is 24.0 Å². The second-order valence-corrected chi connectivity index (χ2v) is 6.88. The Bertz CT molecular complexity index is 960. The zero-order valence-electron chi connectivity index (χ0n) is 14.6. The minimum atomic E-state index is -1.02.